The minimum atomic E-state index is -4.61. The normalized spacial score (nSPS) is 21.6. The smallest absolute Gasteiger partial charge is 0.306 e. The van der Waals surface area contributed by atoms with Crippen LogP contribution < -0.4 is 0 Å². The van der Waals surface area contributed by atoms with Crippen LogP contribution in [0.15, 0.2) is 72.9 Å². The Kier molecular flexibility index (Phi) is 29.3. The second kappa shape index (κ2) is 32.2. The molecule has 0 aliphatic carbocycles. The first-order valence-corrected chi connectivity index (χ1v) is 21.6. The van der Waals surface area contributed by atoms with Crippen LogP contribution in [0.4, 0.5) is 0 Å². The predicted molar refractivity (Wildman–Crippen MR) is 215 cm³/mol. The summed E-state index contributed by atoms with van der Waals surface area (Å²) in [6.07, 6.45) is 29.6. The van der Waals surface area contributed by atoms with Crippen LogP contribution in [0.25, 0.3) is 0 Å². The third-order valence-electron chi connectivity index (χ3n) is 8.59. The molecule has 314 valence electrons. The van der Waals surface area contributed by atoms with Gasteiger partial charge in [-0.25, -0.2) is 0 Å². The largest absolute Gasteiger partial charge is 0.462 e. The van der Waals surface area contributed by atoms with Gasteiger partial charge in [-0.05, 0) is 64.2 Å². The molecule has 1 heterocycles. The third-order valence-corrected chi connectivity index (χ3v) is 9.34. The summed E-state index contributed by atoms with van der Waals surface area (Å²) in [5.41, 5.74) is 0. The van der Waals surface area contributed by atoms with Gasteiger partial charge >= 0.3 is 11.9 Å². The van der Waals surface area contributed by atoms with E-state index in [2.05, 4.69) is 62.5 Å². The highest BCUT2D eigenvalue weighted by molar-refractivity contribution is 7.85. The summed E-state index contributed by atoms with van der Waals surface area (Å²) in [5.74, 6) is -2.05. The molecule has 1 aliphatic rings. The van der Waals surface area contributed by atoms with Crippen LogP contribution in [-0.2, 0) is 38.7 Å². The third kappa shape index (κ3) is 27.4. The Morgan fingerprint density at radius 3 is 1.82 bits per heavy atom. The average Bonchev–Trinajstić information content (AvgIpc) is 3.14. The zero-order valence-electron chi connectivity index (χ0n) is 33.0. The highest BCUT2D eigenvalue weighted by atomic mass is 32.2. The molecule has 0 aromatic carbocycles. The molecular formula is C42H68O12S. The quantitative estimate of drug-likeness (QED) is 0.0183. The van der Waals surface area contributed by atoms with Gasteiger partial charge in [0.2, 0.25) is 0 Å². The summed E-state index contributed by atoms with van der Waals surface area (Å²) >= 11 is 0. The van der Waals surface area contributed by atoms with Crippen molar-refractivity contribution in [2.24, 2.45) is 0 Å². The van der Waals surface area contributed by atoms with Crippen LogP contribution in [0, 0.1) is 0 Å². The van der Waals surface area contributed by atoms with Crippen LogP contribution >= 0.6 is 0 Å². The van der Waals surface area contributed by atoms with Crippen molar-refractivity contribution in [3.63, 3.8) is 0 Å². The molecule has 55 heavy (non-hydrogen) atoms. The van der Waals surface area contributed by atoms with Gasteiger partial charge < -0.3 is 34.3 Å². The summed E-state index contributed by atoms with van der Waals surface area (Å²) in [6, 6.07) is 0. The number of esters is 2. The molecule has 13 heteroatoms. The lowest BCUT2D eigenvalue weighted by atomic mass is 10.00. The lowest BCUT2D eigenvalue weighted by Crippen LogP contribution is -2.60. The standard InChI is InChI=1S/C42H68O12S/c1-3-5-7-9-11-13-15-17-19-20-22-24-26-28-30-37(43)51-32-35(33-52-42-41(47)40(46)39(45)36(54-42)34-55(48,49)50)53-38(44)31-29-27-25-23-21-18-16-14-12-10-8-6-4-2/h5-8,10-14,16-17,19,35-36,39-42,45-47H,3-4,9,15,18,20-34H2,1-2H3,(H,48,49,50)/b7-5+,8-6+,12-10+,13-11+,16-14+,19-17+/t35?,36-,39-,40?,41?,42+/m1/s1. The second-order valence-electron chi connectivity index (χ2n) is 13.6. The van der Waals surface area contributed by atoms with Crippen molar-refractivity contribution in [3.8, 4) is 0 Å². The number of unbranched alkanes of at least 4 members (excludes halogenated alkanes) is 9. The number of carbonyl (C=O) groups excluding carboxylic acids is 2. The maximum Gasteiger partial charge on any atom is 0.306 e. The molecular weight excluding hydrogens is 729 g/mol. The van der Waals surface area contributed by atoms with E-state index in [4.69, 9.17) is 18.9 Å². The Bertz CT molecular complexity index is 1300. The lowest BCUT2D eigenvalue weighted by molar-refractivity contribution is -0.297. The van der Waals surface area contributed by atoms with Gasteiger partial charge in [-0.2, -0.15) is 8.42 Å². The SMILES string of the molecule is CC/C=C/C=C/C=C/CCCCCCCC(=O)OC(COC(=O)CCCCCC/C=C/C/C=C/C/C=C/CC)CO[C@H]1O[C@H](CS(=O)(=O)O)[C@@H](O)C(O)C1O. The molecule has 1 aliphatic heterocycles. The summed E-state index contributed by atoms with van der Waals surface area (Å²) in [5, 5.41) is 30.8. The van der Waals surface area contributed by atoms with Gasteiger partial charge in [0.05, 0.1) is 6.61 Å². The summed E-state index contributed by atoms with van der Waals surface area (Å²) in [4.78, 5) is 25.3. The first-order chi connectivity index (χ1) is 26.5. The molecule has 0 saturated carbocycles. The van der Waals surface area contributed by atoms with Crippen molar-refractivity contribution >= 4 is 22.1 Å². The Morgan fingerprint density at radius 1 is 0.636 bits per heavy atom. The predicted octanol–water partition coefficient (Wildman–Crippen LogP) is 7.16. The minimum absolute atomic E-state index is 0.132. The van der Waals surface area contributed by atoms with Gasteiger partial charge in [-0.1, -0.05) is 119 Å². The maximum absolute atomic E-state index is 12.7. The average molecular weight is 797 g/mol. The van der Waals surface area contributed by atoms with Gasteiger partial charge in [0.15, 0.2) is 12.4 Å². The first-order valence-electron chi connectivity index (χ1n) is 20.0. The van der Waals surface area contributed by atoms with E-state index in [0.29, 0.717) is 12.8 Å². The number of hydrogen-bond acceptors (Lipinski definition) is 11. The van der Waals surface area contributed by atoms with E-state index in [1.54, 1.807) is 0 Å². The van der Waals surface area contributed by atoms with E-state index >= 15 is 0 Å². The van der Waals surface area contributed by atoms with E-state index < -0.39 is 71.2 Å². The zero-order valence-corrected chi connectivity index (χ0v) is 33.8. The molecule has 4 N–H and O–H groups in total. The Hall–Kier alpha value is -2.91. The van der Waals surface area contributed by atoms with E-state index in [-0.39, 0.29) is 19.4 Å². The van der Waals surface area contributed by atoms with Crippen molar-refractivity contribution < 1.29 is 56.8 Å². The monoisotopic (exact) mass is 796 g/mol. The van der Waals surface area contributed by atoms with E-state index in [0.717, 1.165) is 83.5 Å². The molecule has 1 fully saturated rings. The zero-order chi connectivity index (χ0) is 40.6. The summed E-state index contributed by atoms with van der Waals surface area (Å²) < 4.78 is 53.8. The molecule has 0 spiro atoms. The molecule has 0 aromatic rings. The van der Waals surface area contributed by atoms with Crippen molar-refractivity contribution in [1.29, 1.82) is 0 Å². The fourth-order valence-corrected chi connectivity index (χ4v) is 6.20. The summed E-state index contributed by atoms with van der Waals surface area (Å²) in [7, 11) is -4.61. The molecule has 12 nitrogen and oxygen atoms in total. The van der Waals surface area contributed by atoms with Gasteiger partial charge in [0.1, 0.15) is 36.8 Å². The van der Waals surface area contributed by atoms with Crippen LogP contribution in [0.3, 0.4) is 0 Å². The number of hydrogen-bond donors (Lipinski definition) is 4. The topological polar surface area (TPSA) is 186 Å². The molecule has 1 rings (SSSR count). The van der Waals surface area contributed by atoms with Crippen molar-refractivity contribution in [1.82, 2.24) is 0 Å². The fourth-order valence-electron chi connectivity index (χ4n) is 5.51. The Morgan fingerprint density at radius 2 is 1.18 bits per heavy atom. The van der Waals surface area contributed by atoms with Gasteiger partial charge in [0.25, 0.3) is 10.1 Å². The van der Waals surface area contributed by atoms with Crippen LogP contribution in [0.5, 0.6) is 0 Å². The maximum atomic E-state index is 12.7. The van der Waals surface area contributed by atoms with Gasteiger partial charge in [-0.3, -0.25) is 14.1 Å². The Balaban J connectivity index is 2.54. The molecule has 0 bridgehead atoms. The molecule has 6 atom stereocenters. The first kappa shape index (κ1) is 50.1. The van der Waals surface area contributed by atoms with Gasteiger partial charge in [0, 0.05) is 12.8 Å². The van der Waals surface area contributed by atoms with E-state index in [1.165, 1.54) is 0 Å². The molecule has 0 radical (unpaired) electrons. The van der Waals surface area contributed by atoms with Gasteiger partial charge in [-0.15, -0.1) is 0 Å². The van der Waals surface area contributed by atoms with E-state index in [1.807, 2.05) is 24.3 Å². The highest BCUT2D eigenvalue weighted by Gasteiger charge is 2.46. The molecule has 0 amide bonds. The number of ether oxygens (including phenoxy) is 4. The van der Waals surface area contributed by atoms with Crippen molar-refractivity contribution in [2.75, 3.05) is 19.0 Å². The second-order valence-corrected chi connectivity index (χ2v) is 15.1. The number of rotatable bonds is 31. The lowest BCUT2D eigenvalue weighted by Gasteiger charge is -2.40. The van der Waals surface area contributed by atoms with E-state index in [9.17, 15) is 37.9 Å². The van der Waals surface area contributed by atoms with Crippen LogP contribution in [-0.4, -0.2) is 96.0 Å². The minimum Gasteiger partial charge on any atom is -0.462 e. The fraction of sp³-hybridized carbons (Fsp3) is 0.667. The number of aliphatic hydroxyl groups is 3. The van der Waals surface area contributed by atoms with Crippen LogP contribution in [0.1, 0.15) is 123 Å². The molecule has 0 aromatic heterocycles. The Labute approximate surface area is 329 Å². The summed E-state index contributed by atoms with van der Waals surface area (Å²) in [6.45, 7) is 3.44. The van der Waals surface area contributed by atoms with Crippen molar-refractivity contribution in [2.45, 2.75) is 160 Å². The molecule has 1 saturated heterocycles. The number of allylic oxidation sites excluding steroid dienone is 12. The molecule has 3 unspecified atom stereocenters. The van der Waals surface area contributed by atoms with Crippen LogP contribution in [0.2, 0.25) is 0 Å². The number of carbonyl (C=O) groups is 2. The highest BCUT2D eigenvalue weighted by Crippen LogP contribution is 2.24. The van der Waals surface area contributed by atoms with Crippen molar-refractivity contribution in [3.05, 3.63) is 72.9 Å². The number of aliphatic hydroxyl groups excluding tert-OH is 3.